The van der Waals surface area contributed by atoms with Gasteiger partial charge in [0.1, 0.15) is 5.60 Å². The molecule has 0 atom stereocenters. The highest BCUT2D eigenvalue weighted by Crippen LogP contribution is 2.18. The Kier molecular flexibility index (Phi) is 6.23. The van der Waals surface area contributed by atoms with Gasteiger partial charge in [-0.1, -0.05) is 25.1 Å². The van der Waals surface area contributed by atoms with Crippen LogP contribution in [0.2, 0.25) is 0 Å². The molecule has 0 heterocycles. The van der Waals surface area contributed by atoms with E-state index in [-0.39, 0.29) is 12.4 Å². The van der Waals surface area contributed by atoms with Crippen LogP contribution in [0.4, 0.5) is 5.69 Å². The smallest absolute Gasteiger partial charge is 0.310 e. The maximum Gasteiger partial charge on any atom is 0.310 e. The molecule has 0 aromatic heterocycles. The lowest BCUT2D eigenvalue weighted by molar-refractivity contribution is -0.153. The summed E-state index contributed by atoms with van der Waals surface area (Å²) in [5.41, 5.74) is 14.6. The minimum absolute atomic E-state index is 0.240. The number of benzene rings is 1. The van der Waals surface area contributed by atoms with Crippen molar-refractivity contribution >= 4 is 23.8 Å². The van der Waals surface area contributed by atoms with Crippen molar-refractivity contribution in [1.82, 2.24) is 0 Å². The molecular weight excluding hydrogens is 276 g/mol. The van der Waals surface area contributed by atoms with Crippen molar-refractivity contribution in [3.8, 4) is 0 Å². The van der Waals surface area contributed by atoms with E-state index in [0.717, 1.165) is 23.2 Å². The Labute approximate surface area is 132 Å². The van der Waals surface area contributed by atoms with E-state index in [1.165, 1.54) is 0 Å². The number of anilines is 1. The van der Waals surface area contributed by atoms with Gasteiger partial charge < -0.3 is 16.2 Å². The Morgan fingerprint density at radius 3 is 2.59 bits per heavy atom. The molecule has 1 rings (SSSR count). The minimum atomic E-state index is -0.457. The van der Waals surface area contributed by atoms with Crippen molar-refractivity contribution < 1.29 is 9.53 Å². The molecule has 0 saturated heterocycles. The van der Waals surface area contributed by atoms with Gasteiger partial charge in [-0.2, -0.15) is 0 Å². The van der Waals surface area contributed by atoms with Gasteiger partial charge in [0.05, 0.1) is 6.42 Å². The zero-order valence-electron chi connectivity index (χ0n) is 13.8. The van der Waals surface area contributed by atoms with E-state index in [1.54, 1.807) is 6.08 Å². The summed E-state index contributed by atoms with van der Waals surface area (Å²) < 4.78 is 5.25. The summed E-state index contributed by atoms with van der Waals surface area (Å²) in [4.78, 5) is 11.6. The number of hydrogen-bond donors (Lipinski definition) is 2. The van der Waals surface area contributed by atoms with E-state index in [0.29, 0.717) is 5.69 Å². The summed E-state index contributed by atoms with van der Waals surface area (Å²) >= 11 is 0. The van der Waals surface area contributed by atoms with Gasteiger partial charge in [0.25, 0.3) is 0 Å². The standard InChI is InChI=1S/C18H26N2O2/c1-5-15(19)12-14-11-13(9-10-16(14)20)7-6-8-17(21)22-18(2,3)4/h6-7,9-12H,5,8,19-20H2,1-4H3/b7-6+,15-12-. The maximum absolute atomic E-state index is 11.6. The van der Waals surface area contributed by atoms with Gasteiger partial charge in [-0.3, -0.25) is 4.79 Å². The van der Waals surface area contributed by atoms with E-state index < -0.39 is 5.60 Å². The van der Waals surface area contributed by atoms with Crippen molar-refractivity contribution in [3.63, 3.8) is 0 Å². The van der Waals surface area contributed by atoms with Crippen molar-refractivity contribution in [2.24, 2.45) is 5.73 Å². The first-order valence-corrected chi connectivity index (χ1v) is 7.45. The highest BCUT2D eigenvalue weighted by Gasteiger charge is 2.14. The molecule has 1 aromatic rings. The summed E-state index contributed by atoms with van der Waals surface area (Å²) in [6, 6.07) is 5.69. The van der Waals surface area contributed by atoms with Crippen LogP contribution in [-0.2, 0) is 9.53 Å². The molecule has 0 fully saturated rings. The number of nitrogens with two attached hydrogens (primary N) is 2. The topological polar surface area (TPSA) is 78.3 Å². The van der Waals surface area contributed by atoms with Gasteiger partial charge >= 0.3 is 5.97 Å². The van der Waals surface area contributed by atoms with Gasteiger partial charge in [-0.25, -0.2) is 0 Å². The van der Waals surface area contributed by atoms with E-state index in [4.69, 9.17) is 16.2 Å². The summed E-state index contributed by atoms with van der Waals surface area (Å²) in [6.45, 7) is 7.55. The van der Waals surface area contributed by atoms with Crippen molar-refractivity contribution in [2.75, 3.05) is 5.73 Å². The molecule has 0 aliphatic heterocycles. The number of hydrogen-bond acceptors (Lipinski definition) is 4. The number of carbonyl (C=O) groups is 1. The molecule has 0 amide bonds. The van der Waals surface area contributed by atoms with Crippen LogP contribution in [0.5, 0.6) is 0 Å². The average Bonchev–Trinajstić information content (AvgIpc) is 2.40. The Hall–Kier alpha value is -2.23. The number of rotatable bonds is 5. The van der Waals surface area contributed by atoms with Gasteiger partial charge in [0.15, 0.2) is 0 Å². The summed E-state index contributed by atoms with van der Waals surface area (Å²) in [6.07, 6.45) is 6.56. The van der Waals surface area contributed by atoms with Gasteiger partial charge in [-0.15, -0.1) is 0 Å². The monoisotopic (exact) mass is 302 g/mol. The summed E-state index contributed by atoms with van der Waals surface area (Å²) in [5.74, 6) is -0.241. The molecule has 4 nitrogen and oxygen atoms in total. The first-order chi connectivity index (χ1) is 10.2. The van der Waals surface area contributed by atoms with Crippen LogP contribution in [0.3, 0.4) is 0 Å². The zero-order chi connectivity index (χ0) is 16.8. The second-order valence-electron chi connectivity index (χ2n) is 6.15. The summed E-state index contributed by atoms with van der Waals surface area (Å²) in [5, 5.41) is 0. The fraction of sp³-hybridized carbons (Fsp3) is 0.389. The minimum Gasteiger partial charge on any atom is -0.460 e. The zero-order valence-corrected chi connectivity index (χ0v) is 13.8. The van der Waals surface area contributed by atoms with Crippen LogP contribution in [0.15, 0.2) is 30.0 Å². The lowest BCUT2D eigenvalue weighted by Crippen LogP contribution is -2.23. The van der Waals surface area contributed by atoms with E-state index >= 15 is 0 Å². The fourth-order valence-corrected chi connectivity index (χ4v) is 1.80. The van der Waals surface area contributed by atoms with Crippen LogP contribution in [0.1, 0.15) is 51.7 Å². The number of ether oxygens (including phenoxy) is 1. The Morgan fingerprint density at radius 1 is 1.32 bits per heavy atom. The van der Waals surface area contributed by atoms with Crippen LogP contribution in [0, 0.1) is 0 Å². The number of carbonyl (C=O) groups excluding carboxylic acids is 1. The number of allylic oxidation sites excluding steroid dienone is 1. The van der Waals surface area contributed by atoms with Gasteiger partial charge in [0.2, 0.25) is 0 Å². The van der Waals surface area contributed by atoms with Gasteiger partial charge in [-0.05, 0) is 56.5 Å². The molecule has 22 heavy (non-hydrogen) atoms. The van der Waals surface area contributed by atoms with E-state index in [1.807, 2.05) is 58.0 Å². The third-order valence-corrected chi connectivity index (χ3v) is 2.87. The van der Waals surface area contributed by atoms with Crippen molar-refractivity contribution in [3.05, 3.63) is 41.1 Å². The Morgan fingerprint density at radius 2 is 2.00 bits per heavy atom. The van der Waals surface area contributed by atoms with E-state index in [2.05, 4.69) is 0 Å². The van der Waals surface area contributed by atoms with Crippen LogP contribution < -0.4 is 11.5 Å². The molecule has 120 valence electrons. The van der Waals surface area contributed by atoms with Crippen LogP contribution in [0.25, 0.3) is 12.2 Å². The number of esters is 1. The van der Waals surface area contributed by atoms with Crippen molar-refractivity contribution in [2.45, 2.75) is 46.1 Å². The molecule has 1 aromatic carbocycles. The molecule has 0 unspecified atom stereocenters. The predicted octanol–water partition coefficient (Wildman–Crippen LogP) is 3.72. The lowest BCUT2D eigenvalue weighted by atomic mass is 10.1. The highest BCUT2D eigenvalue weighted by atomic mass is 16.6. The highest BCUT2D eigenvalue weighted by molar-refractivity contribution is 5.74. The van der Waals surface area contributed by atoms with Gasteiger partial charge in [0, 0.05) is 11.4 Å². The largest absolute Gasteiger partial charge is 0.460 e. The predicted molar refractivity (Wildman–Crippen MR) is 92.8 cm³/mol. The Bertz CT molecular complexity index is 581. The lowest BCUT2D eigenvalue weighted by Gasteiger charge is -2.18. The second kappa shape index (κ2) is 7.69. The second-order valence-corrected chi connectivity index (χ2v) is 6.15. The molecule has 0 saturated carbocycles. The molecule has 0 aliphatic rings. The van der Waals surface area contributed by atoms with Crippen LogP contribution >= 0.6 is 0 Å². The first-order valence-electron chi connectivity index (χ1n) is 7.45. The normalized spacial score (nSPS) is 12.6. The van der Waals surface area contributed by atoms with Crippen molar-refractivity contribution in [1.29, 1.82) is 0 Å². The first kappa shape index (κ1) is 17.8. The Balaban J connectivity index is 2.76. The molecule has 4 heteroatoms. The third-order valence-electron chi connectivity index (χ3n) is 2.87. The summed E-state index contributed by atoms with van der Waals surface area (Å²) in [7, 11) is 0. The SMILES string of the molecule is CC/C(N)=C/c1cc(/C=C/CC(=O)OC(C)(C)C)ccc1N. The third kappa shape index (κ3) is 6.48. The molecule has 0 aliphatic carbocycles. The molecular formula is C18H26N2O2. The van der Waals surface area contributed by atoms with E-state index in [9.17, 15) is 4.79 Å². The molecule has 0 radical (unpaired) electrons. The number of nitrogen functional groups attached to an aromatic ring is 1. The fourth-order valence-electron chi connectivity index (χ4n) is 1.80. The quantitative estimate of drug-likeness (QED) is 0.642. The molecule has 0 bridgehead atoms. The average molecular weight is 302 g/mol. The maximum atomic E-state index is 11.6. The molecule has 0 spiro atoms. The molecule has 4 N–H and O–H groups in total. The van der Waals surface area contributed by atoms with Crippen LogP contribution in [-0.4, -0.2) is 11.6 Å².